The van der Waals surface area contributed by atoms with Gasteiger partial charge in [-0.3, -0.25) is 18.9 Å². The molecule has 5 rings (SSSR count). The lowest BCUT2D eigenvalue weighted by atomic mass is 9.85. The summed E-state index contributed by atoms with van der Waals surface area (Å²) < 4.78 is 28.4. The van der Waals surface area contributed by atoms with Crippen molar-refractivity contribution in [1.29, 1.82) is 0 Å². The average molecular weight is 555 g/mol. The van der Waals surface area contributed by atoms with Gasteiger partial charge in [-0.15, -0.1) is 0 Å². The zero-order valence-electron chi connectivity index (χ0n) is 21.4. The largest absolute Gasteiger partial charge is 0.364 e. The number of amides is 1. The topological polar surface area (TPSA) is 93.8 Å². The summed E-state index contributed by atoms with van der Waals surface area (Å²) in [4.78, 5) is 34.7. The first-order chi connectivity index (χ1) is 18.8. The SMILES string of the molecule is Cc1ncc(Cl)cc1C(=O)NC1CCC(Cn2c(=O)n(-c3ccc(NCC(F)F)nc3)c3ccccc32)CC1. The molecule has 0 aliphatic heterocycles. The fraction of sp³-hybridized carbons (Fsp3) is 0.357. The van der Waals surface area contributed by atoms with Crippen LogP contribution in [0.4, 0.5) is 14.6 Å². The van der Waals surface area contributed by atoms with E-state index < -0.39 is 13.0 Å². The minimum atomic E-state index is -2.48. The summed E-state index contributed by atoms with van der Waals surface area (Å²) in [6, 6.07) is 12.6. The van der Waals surface area contributed by atoms with Gasteiger partial charge in [0.2, 0.25) is 0 Å². The first-order valence-electron chi connectivity index (χ1n) is 12.9. The van der Waals surface area contributed by atoms with Gasteiger partial charge in [-0.1, -0.05) is 23.7 Å². The van der Waals surface area contributed by atoms with Crippen LogP contribution in [0.1, 0.15) is 41.7 Å². The Bertz CT molecular complexity index is 1530. The van der Waals surface area contributed by atoms with Crippen molar-refractivity contribution in [1.82, 2.24) is 24.4 Å². The molecule has 0 radical (unpaired) electrons. The maximum atomic E-state index is 13.6. The molecule has 11 heteroatoms. The van der Waals surface area contributed by atoms with Gasteiger partial charge < -0.3 is 10.6 Å². The number of aromatic nitrogens is 4. The molecule has 1 fully saturated rings. The third kappa shape index (κ3) is 5.95. The van der Waals surface area contributed by atoms with Crippen LogP contribution >= 0.6 is 11.6 Å². The first kappa shape index (κ1) is 26.8. The molecule has 8 nitrogen and oxygen atoms in total. The molecule has 3 heterocycles. The van der Waals surface area contributed by atoms with Gasteiger partial charge in [0.15, 0.2) is 0 Å². The number of hydrogen-bond donors (Lipinski definition) is 2. The third-order valence-corrected chi connectivity index (χ3v) is 7.41. The number of halogens is 3. The fourth-order valence-electron chi connectivity index (χ4n) is 5.19. The number of carbonyl (C=O) groups is 1. The van der Waals surface area contributed by atoms with E-state index in [1.807, 2.05) is 24.3 Å². The van der Waals surface area contributed by atoms with Gasteiger partial charge in [0, 0.05) is 18.8 Å². The number of pyridine rings is 2. The monoisotopic (exact) mass is 554 g/mol. The molecule has 1 amide bonds. The summed E-state index contributed by atoms with van der Waals surface area (Å²) in [7, 11) is 0. The van der Waals surface area contributed by atoms with Gasteiger partial charge in [0.05, 0.1) is 45.7 Å². The summed E-state index contributed by atoms with van der Waals surface area (Å²) in [5.41, 5.74) is 3.08. The van der Waals surface area contributed by atoms with Gasteiger partial charge in [-0.25, -0.2) is 18.6 Å². The Labute approximate surface area is 229 Å². The number of para-hydroxylation sites is 2. The number of anilines is 1. The molecule has 2 N–H and O–H groups in total. The van der Waals surface area contributed by atoms with Crippen LogP contribution in [0, 0.1) is 12.8 Å². The number of fused-ring (bicyclic) bond motifs is 1. The van der Waals surface area contributed by atoms with Gasteiger partial charge in [-0.2, -0.15) is 0 Å². The van der Waals surface area contributed by atoms with Crippen LogP contribution in [0.2, 0.25) is 5.02 Å². The lowest BCUT2D eigenvalue weighted by Gasteiger charge is -2.29. The summed E-state index contributed by atoms with van der Waals surface area (Å²) in [5.74, 6) is 0.430. The molecule has 1 aliphatic carbocycles. The Morgan fingerprint density at radius 2 is 1.82 bits per heavy atom. The molecule has 0 atom stereocenters. The minimum Gasteiger partial charge on any atom is -0.364 e. The highest BCUT2D eigenvalue weighted by Gasteiger charge is 2.25. The van der Waals surface area contributed by atoms with Crippen molar-refractivity contribution in [3.05, 3.63) is 81.6 Å². The van der Waals surface area contributed by atoms with E-state index in [4.69, 9.17) is 11.6 Å². The Kier molecular flexibility index (Phi) is 7.92. The Morgan fingerprint density at radius 3 is 2.51 bits per heavy atom. The predicted octanol–water partition coefficient (Wildman–Crippen LogP) is 5.21. The van der Waals surface area contributed by atoms with E-state index in [0.717, 1.165) is 36.7 Å². The molecule has 0 bridgehead atoms. The zero-order valence-corrected chi connectivity index (χ0v) is 22.2. The lowest BCUT2D eigenvalue weighted by molar-refractivity contribution is 0.0919. The van der Waals surface area contributed by atoms with Crippen LogP contribution < -0.4 is 16.3 Å². The van der Waals surface area contributed by atoms with E-state index in [-0.39, 0.29) is 23.6 Å². The molecule has 39 heavy (non-hydrogen) atoms. The predicted molar refractivity (Wildman–Crippen MR) is 147 cm³/mol. The number of benzene rings is 1. The van der Waals surface area contributed by atoms with Crippen molar-refractivity contribution in [2.45, 2.75) is 51.6 Å². The summed E-state index contributed by atoms with van der Waals surface area (Å²) in [6.45, 7) is 1.85. The van der Waals surface area contributed by atoms with Crippen LogP contribution in [0.5, 0.6) is 0 Å². The van der Waals surface area contributed by atoms with Crippen molar-refractivity contribution in [2.24, 2.45) is 5.92 Å². The van der Waals surface area contributed by atoms with Crippen molar-refractivity contribution < 1.29 is 13.6 Å². The number of imidazole rings is 1. The summed E-state index contributed by atoms with van der Waals surface area (Å²) in [6.07, 6.45) is 3.92. The Hall–Kier alpha value is -3.79. The number of nitrogens with one attached hydrogen (secondary N) is 2. The van der Waals surface area contributed by atoms with E-state index in [2.05, 4.69) is 20.6 Å². The number of alkyl halides is 2. The quantitative estimate of drug-likeness (QED) is 0.312. The molecule has 4 aromatic rings. The van der Waals surface area contributed by atoms with Crippen LogP contribution in [-0.2, 0) is 6.54 Å². The van der Waals surface area contributed by atoms with E-state index >= 15 is 0 Å². The summed E-state index contributed by atoms with van der Waals surface area (Å²) in [5, 5.41) is 6.11. The second-order valence-corrected chi connectivity index (χ2v) is 10.3. The van der Waals surface area contributed by atoms with Crippen molar-refractivity contribution in [2.75, 3.05) is 11.9 Å². The number of rotatable bonds is 8. The normalized spacial score (nSPS) is 17.5. The molecule has 1 aromatic carbocycles. The molecule has 0 saturated heterocycles. The number of hydrogen-bond acceptors (Lipinski definition) is 5. The van der Waals surface area contributed by atoms with E-state index in [9.17, 15) is 18.4 Å². The minimum absolute atomic E-state index is 0.0495. The molecular weight excluding hydrogens is 526 g/mol. The van der Waals surface area contributed by atoms with Gasteiger partial charge in [-0.05, 0) is 68.9 Å². The van der Waals surface area contributed by atoms with Crippen molar-refractivity contribution in [3.8, 4) is 5.69 Å². The Balaban J connectivity index is 1.28. The maximum absolute atomic E-state index is 13.6. The zero-order chi connectivity index (χ0) is 27.5. The Morgan fingerprint density at radius 1 is 1.08 bits per heavy atom. The van der Waals surface area contributed by atoms with Crippen molar-refractivity contribution >= 4 is 34.4 Å². The molecule has 3 aromatic heterocycles. The standard InChI is InChI=1S/C28H29ClF2N6O2/c1-17-22(12-19(29)13-32-17)27(38)35-20-8-6-18(7-9-20)16-36-23-4-2-3-5-24(23)37(28(36)39)21-10-11-26(33-14-21)34-15-25(30)31/h2-5,10-14,18,20,25H,6-9,15-16H2,1H3,(H,33,34)(H,35,38). The number of aryl methyl sites for hydroxylation is 1. The smallest absolute Gasteiger partial charge is 0.333 e. The van der Waals surface area contributed by atoms with Crippen molar-refractivity contribution in [3.63, 3.8) is 0 Å². The number of nitrogens with zero attached hydrogens (tertiary/aromatic N) is 4. The molecular formula is C28H29ClF2N6O2. The first-order valence-corrected chi connectivity index (χ1v) is 13.3. The summed E-state index contributed by atoms with van der Waals surface area (Å²) >= 11 is 6.02. The highest BCUT2D eigenvalue weighted by molar-refractivity contribution is 6.30. The fourth-order valence-corrected chi connectivity index (χ4v) is 5.34. The second kappa shape index (κ2) is 11.5. The second-order valence-electron chi connectivity index (χ2n) is 9.87. The highest BCUT2D eigenvalue weighted by atomic mass is 35.5. The van der Waals surface area contributed by atoms with Crippen LogP contribution in [0.25, 0.3) is 16.7 Å². The molecule has 1 saturated carbocycles. The maximum Gasteiger partial charge on any atom is 0.333 e. The van der Waals surface area contributed by atoms with Crippen LogP contribution in [-0.4, -0.2) is 44.0 Å². The average Bonchev–Trinajstić information content (AvgIpc) is 3.21. The molecule has 1 aliphatic rings. The van der Waals surface area contributed by atoms with Crippen LogP contribution in [0.3, 0.4) is 0 Å². The van der Waals surface area contributed by atoms with Gasteiger partial charge >= 0.3 is 5.69 Å². The van der Waals surface area contributed by atoms with Crippen LogP contribution in [0.15, 0.2) is 59.7 Å². The van der Waals surface area contributed by atoms with E-state index in [1.165, 1.54) is 12.4 Å². The van der Waals surface area contributed by atoms with E-state index in [1.54, 1.807) is 34.3 Å². The molecule has 0 spiro atoms. The molecule has 0 unspecified atom stereocenters. The number of carbonyl (C=O) groups excluding carboxylic acids is 1. The van der Waals surface area contributed by atoms with E-state index in [0.29, 0.717) is 34.3 Å². The third-order valence-electron chi connectivity index (χ3n) is 7.20. The lowest BCUT2D eigenvalue weighted by Crippen LogP contribution is -2.39. The van der Waals surface area contributed by atoms with Gasteiger partial charge in [0.25, 0.3) is 12.3 Å². The highest BCUT2D eigenvalue weighted by Crippen LogP contribution is 2.28. The van der Waals surface area contributed by atoms with Gasteiger partial charge in [0.1, 0.15) is 5.82 Å². The molecule has 204 valence electrons.